The van der Waals surface area contributed by atoms with Crippen molar-refractivity contribution in [1.82, 2.24) is 4.90 Å². The summed E-state index contributed by atoms with van der Waals surface area (Å²) >= 11 is 5.14. The average Bonchev–Trinajstić information content (AvgIpc) is 2.59. The summed E-state index contributed by atoms with van der Waals surface area (Å²) in [4.78, 5) is 15.0. The first-order chi connectivity index (χ1) is 7.89. The van der Waals surface area contributed by atoms with Crippen molar-refractivity contribution in [3.63, 3.8) is 0 Å². The van der Waals surface area contributed by atoms with Crippen LogP contribution in [-0.2, 0) is 4.79 Å². The molecule has 2 unspecified atom stereocenters. The van der Waals surface area contributed by atoms with Crippen LogP contribution in [0, 0.1) is 11.3 Å². The lowest BCUT2D eigenvalue weighted by molar-refractivity contribution is -0.139. The lowest BCUT2D eigenvalue weighted by Crippen LogP contribution is -2.51. The Hall–Kier alpha value is -0.640. The first kappa shape index (κ1) is 14.4. The van der Waals surface area contributed by atoms with E-state index < -0.39 is 5.41 Å². The second kappa shape index (κ2) is 5.34. The summed E-state index contributed by atoms with van der Waals surface area (Å²) in [6, 6.07) is 0.310. The second-order valence-electron chi connectivity index (χ2n) is 5.30. The van der Waals surface area contributed by atoms with E-state index in [1.807, 2.05) is 18.7 Å². The first-order valence-electron chi connectivity index (χ1n) is 6.50. The number of carbonyl (C=O) groups is 1. The molecule has 1 amide bonds. The molecule has 1 fully saturated rings. The Morgan fingerprint density at radius 2 is 1.94 bits per heavy atom. The van der Waals surface area contributed by atoms with Gasteiger partial charge in [-0.3, -0.25) is 4.79 Å². The molecule has 0 aromatic carbocycles. The van der Waals surface area contributed by atoms with Crippen LogP contribution in [-0.4, -0.2) is 28.4 Å². The molecule has 0 aromatic rings. The van der Waals surface area contributed by atoms with Gasteiger partial charge in [0.1, 0.15) is 0 Å². The number of likely N-dealkylation sites (tertiary alicyclic amines) is 1. The first-order valence-corrected chi connectivity index (χ1v) is 6.90. The highest BCUT2D eigenvalue weighted by atomic mass is 32.1. The van der Waals surface area contributed by atoms with E-state index >= 15 is 0 Å². The van der Waals surface area contributed by atoms with Gasteiger partial charge in [0.2, 0.25) is 5.91 Å². The van der Waals surface area contributed by atoms with Crippen molar-refractivity contribution in [2.24, 2.45) is 17.1 Å². The van der Waals surface area contributed by atoms with Gasteiger partial charge in [0.15, 0.2) is 0 Å². The smallest absolute Gasteiger partial charge is 0.235 e. The van der Waals surface area contributed by atoms with Gasteiger partial charge in [-0.05, 0) is 32.1 Å². The van der Waals surface area contributed by atoms with Gasteiger partial charge in [0.25, 0.3) is 0 Å². The molecule has 17 heavy (non-hydrogen) atoms. The van der Waals surface area contributed by atoms with Crippen LogP contribution in [0.4, 0.5) is 0 Å². The lowest BCUT2D eigenvalue weighted by Gasteiger charge is -2.35. The molecule has 1 saturated heterocycles. The predicted octanol–water partition coefficient (Wildman–Crippen LogP) is 2.34. The summed E-state index contributed by atoms with van der Waals surface area (Å²) in [5.41, 5.74) is 5.19. The van der Waals surface area contributed by atoms with Crippen LogP contribution in [0.5, 0.6) is 0 Å². The molecule has 0 radical (unpaired) electrons. The van der Waals surface area contributed by atoms with Crippen LogP contribution in [0.1, 0.15) is 47.0 Å². The zero-order valence-electron chi connectivity index (χ0n) is 11.3. The van der Waals surface area contributed by atoms with Gasteiger partial charge in [0.05, 0.1) is 10.4 Å². The number of hydrogen-bond donors (Lipinski definition) is 1. The molecular formula is C13H24N2OS. The van der Waals surface area contributed by atoms with Crippen molar-refractivity contribution < 1.29 is 4.79 Å². The van der Waals surface area contributed by atoms with E-state index in [4.69, 9.17) is 18.0 Å². The predicted molar refractivity (Wildman–Crippen MR) is 74.8 cm³/mol. The van der Waals surface area contributed by atoms with Crippen LogP contribution in [0.15, 0.2) is 0 Å². The summed E-state index contributed by atoms with van der Waals surface area (Å²) in [7, 11) is 0. The van der Waals surface area contributed by atoms with Gasteiger partial charge in [-0.15, -0.1) is 0 Å². The van der Waals surface area contributed by atoms with E-state index in [-0.39, 0.29) is 5.91 Å². The summed E-state index contributed by atoms with van der Waals surface area (Å²) in [6.07, 6.45) is 2.46. The highest BCUT2D eigenvalue weighted by Gasteiger charge is 2.44. The van der Waals surface area contributed by atoms with E-state index in [1.54, 1.807) is 0 Å². The fourth-order valence-electron chi connectivity index (χ4n) is 2.86. The highest BCUT2D eigenvalue weighted by molar-refractivity contribution is 7.80. The molecular weight excluding hydrogens is 232 g/mol. The fraction of sp³-hybridized carbons (Fsp3) is 0.846. The molecule has 4 heteroatoms. The van der Waals surface area contributed by atoms with Gasteiger partial charge < -0.3 is 10.6 Å². The van der Waals surface area contributed by atoms with E-state index in [1.165, 1.54) is 0 Å². The monoisotopic (exact) mass is 256 g/mol. The zero-order chi connectivity index (χ0) is 13.2. The van der Waals surface area contributed by atoms with Crippen molar-refractivity contribution in [2.45, 2.75) is 53.0 Å². The third-order valence-electron chi connectivity index (χ3n) is 4.13. The second-order valence-corrected chi connectivity index (χ2v) is 5.74. The Kier molecular flexibility index (Phi) is 4.53. The topological polar surface area (TPSA) is 46.3 Å². The summed E-state index contributed by atoms with van der Waals surface area (Å²) in [5.74, 6) is 0.707. The van der Waals surface area contributed by atoms with Crippen LogP contribution in [0.2, 0.25) is 0 Å². The number of rotatable bonds is 4. The SMILES string of the molecule is CCC(CC)(C(=O)N1CC(C)CC1C)C(N)=S. The van der Waals surface area contributed by atoms with Gasteiger partial charge >= 0.3 is 0 Å². The minimum Gasteiger partial charge on any atom is -0.392 e. The van der Waals surface area contributed by atoms with Crippen LogP contribution in [0.25, 0.3) is 0 Å². The summed E-state index contributed by atoms with van der Waals surface area (Å²) in [6.45, 7) is 9.11. The Morgan fingerprint density at radius 3 is 2.24 bits per heavy atom. The number of hydrogen-bond acceptors (Lipinski definition) is 2. The third-order valence-corrected chi connectivity index (χ3v) is 4.52. The Bertz CT molecular complexity index is 313. The quantitative estimate of drug-likeness (QED) is 0.785. The van der Waals surface area contributed by atoms with Crippen LogP contribution in [0.3, 0.4) is 0 Å². The molecule has 1 rings (SSSR count). The van der Waals surface area contributed by atoms with Crippen molar-refractivity contribution >= 4 is 23.1 Å². The average molecular weight is 256 g/mol. The van der Waals surface area contributed by atoms with Crippen molar-refractivity contribution in [1.29, 1.82) is 0 Å². The molecule has 2 N–H and O–H groups in total. The van der Waals surface area contributed by atoms with Crippen molar-refractivity contribution in [2.75, 3.05) is 6.54 Å². The number of nitrogens with zero attached hydrogens (tertiary/aromatic N) is 1. The summed E-state index contributed by atoms with van der Waals surface area (Å²) < 4.78 is 0. The maximum Gasteiger partial charge on any atom is 0.235 e. The minimum absolute atomic E-state index is 0.131. The molecule has 0 saturated carbocycles. The number of nitrogens with two attached hydrogens (primary N) is 1. The van der Waals surface area contributed by atoms with Gasteiger partial charge in [0, 0.05) is 12.6 Å². The molecule has 0 aliphatic carbocycles. The Balaban J connectivity index is 2.97. The lowest BCUT2D eigenvalue weighted by atomic mass is 9.80. The zero-order valence-corrected chi connectivity index (χ0v) is 12.1. The van der Waals surface area contributed by atoms with Crippen LogP contribution < -0.4 is 5.73 Å². The number of amides is 1. The molecule has 1 heterocycles. The van der Waals surface area contributed by atoms with Gasteiger partial charge in [-0.2, -0.15) is 0 Å². The number of carbonyl (C=O) groups excluding carboxylic acids is 1. The normalized spacial score (nSPS) is 25.1. The standard InChI is InChI=1S/C13H24N2OS/c1-5-13(6-2,11(14)17)12(16)15-8-9(3)7-10(15)4/h9-10H,5-8H2,1-4H3,(H2,14,17). The van der Waals surface area contributed by atoms with E-state index in [0.717, 1.165) is 13.0 Å². The molecule has 1 aliphatic rings. The number of thiocarbonyl (C=S) groups is 1. The molecule has 1 aliphatic heterocycles. The maximum absolute atomic E-state index is 12.7. The third kappa shape index (κ3) is 2.46. The Labute approximate surface area is 110 Å². The maximum atomic E-state index is 12.7. The summed E-state index contributed by atoms with van der Waals surface area (Å²) in [5, 5.41) is 0. The molecule has 0 spiro atoms. The largest absolute Gasteiger partial charge is 0.392 e. The highest BCUT2D eigenvalue weighted by Crippen LogP contribution is 2.34. The molecule has 98 valence electrons. The van der Waals surface area contributed by atoms with E-state index in [2.05, 4.69) is 13.8 Å². The molecule has 0 bridgehead atoms. The molecule has 2 atom stereocenters. The minimum atomic E-state index is -0.631. The van der Waals surface area contributed by atoms with Gasteiger partial charge in [-0.1, -0.05) is 33.0 Å². The molecule has 3 nitrogen and oxygen atoms in total. The van der Waals surface area contributed by atoms with Crippen molar-refractivity contribution in [3.8, 4) is 0 Å². The van der Waals surface area contributed by atoms with E-state index in [9.17, 15) is 4.79 Å². The van der Waals surface area contributed by atoms with E-state index in [0.29, 0.717) is 29.8 Å². The fourth-order valence-corrected chi connectivity index (χ4v) is 3.24. The van der Waals surface area contributed by atoms with Crippen molar-refractivity contribution in [3.05, 3.63) is 0 Å². The Morgan fingerprint density at radius 1 is 1.41 bits per heavy atom. The molecule has 0 aromatic heterocycles. The van der Waals surface area contributed by atoms with Crippen LogP contribution >= 0.6 is 12.2 Å². The van der Waals surface area contributed by atoms with Gasteiger partial charge in [-0.25, -0.2) is 0 Å².